The number of amides is 1. The van der Waals surface area contributed by atoms with Gasteiger partial charge in [-0.2, -0.15) is 5.10 Å². The Labute approximate surface area is 208 Å². The van der Waals surface area contributed by atoms with Gasteiger partial charge in [0.05, 0.1) is 36.2 Å². The van der Waals surface area contributed by atoms with Crippen molar-refractivity contribution in [2.45, 2.75) is 25.0 Å². The number of fused-ring (bicyclic) bond motifs is 1. The van der Waals surface area contributed by atoms with Crippen LogP contribution < -0.4 is 10.2 Å². The first-order valence-corrected chi connectivity index (χ1v) is 12.4. The quantitative estimate of drug-likeness (QED) is 0.173. The van der Waals surface area contributed by atoms with Crippen molar-refractivity contribution in [1.29, 1.82) is 0 Å². The Bertz CT molecular complexity index is 1290. The van der Waals surface area contributed by atoms with Gasteiger partial charge >= 0.3 is 0 Å². The summed E-state index contributed by atoms with van der Waals surface area (Å²) in [6, 6.07) is 23.2. The average molecular weight is 493 g/mol. The third-order valence-corrected chi connectivity index (χ3v) is 6.34. The van der Waals surface area contributed by atoms with Crippen LogP contribution >= 0.6 is 23.4 Å². The molecular weight excluding hydrogens is 468 g/mol. The van der Waals surface area contributed by atoms with E-state index in [0.29, 0.717) is 18.2 Å². The largest absolute Gasteiger partial charge is 0.494 e. The number of hydrazone groups is 1. The number of nitrogens with zero attached hydrogens (tertiary/aromatic N) is 3. The molecule has 3 aromatic carbocycles. The van der Waals surface area contributed by atoms with Crippen molar-refractivity contribution in [3.8, 4) is 5.75 Å². The molecule has 0 aliphatic carbocycles. The van der Waals surface area contributed by atoms with Gasteiger partial charge in [0.25, 0.3) is 5.91 Å². The molecule has 0 atom stereocenters. The van der Waals surface area contributed by atoms with Gasteiger partial charge in [-0.1, -0.05) is 60.6 Å². The van der Waals surface area contributed by atoms with E-state index in [0.717, 1.165) is 39.5 Å². The molecular formula is C26H25ClN4O2S. The van der Waals surface area contributed by atoms with Crippen molar-refractivity contribution < 1.29 is 9.53 Å². The molecule has 1 amide bonds. The molecule has 0 aliphatic heterocycles. The highest BCUT2D eigenvalue weighted by atomic mass is 35.5. The van der Waals surface area contributed by atoms with Crippen molar-refractivity contribution in [2.24, 2.45) is 5.10 Å². The van der Waals surface area contributed by atoms with Crippen LogP contribution in [0.15, 0.2) is 83.1 Å². The number of rotatable bonds is 10. The minimum absolute atomic E-state index is 0.187. The molecule has 4 aromatic rings. The zero-order chi connectivity index (χ0) is 23.8. The maximum atomic E-state index is 12.4. The van der Waals surface area contributed by atoms with Crippen LogP contribution in [0.1, 0.15) is 24.5 Å². The van der Waals surface area contributed by atoms with E-state index in [1.807, 2.05) is 72.8 Å². The SMILES string of the molecule is CCCOc1ccc(C=NNC(=O)CSc2nc3ccccc3n2Cc2ccccc2Cl)cc1. The van der Waals surface area contributed by atoms with Crippen LogP contribution in [-0.2, 0) is 11.3 Å². The smallest absolute Gasteiger partial charge is 0.250 e. The van der Waals surface area contributed by atoms with Crippen LogP contribution in [0.2, 0.25) is 5.02 Å². The Morgan fingerprint density at radius 1 is 1.12 bits per heavy atom. The van der Waals surface area contributed by atoms with Gasteiger partial charge in [-0.3, -0.25) is 4.79 Å². The lowest BCUT2D eigenvalue weighted by molar-refractivity contribution is -0.118. The molecule has 0 saturated carbocycles. The molecule has 0 spiro atoms. The van der Waals surface area contributed by atoms with E-state index in [9.17, 15) is 4.79 Å². The fourth-order valence-electron chi connectivity index (χ4n) is 3.32. The number of hydrogen-bond acceptors (Lipinski definition) is 5. The second-order valence-electron chi connectivity index (χ2n) is 7.56. The van der Waals surface area contributed by atoms with E-state index in [1.165, 1.54) is 11.8 Å². The minimum Gasteiger partial charge on any atom is -0.494 e. The molecule has 1 aromatic heterocycles. The normalized spacial score (nSPS) is 11.2. The average Bonchev–Trinajstić information content (AvgIpc) is 3.21. The maximum absolute atomic E-state index is 12.4. The molecule has 174 valence electrons. The molecule has 0 bridgehead atoms. The summed E-state index contributed by atoms with van der Waals surface area (Å²) in [4.78, 5) is 17.1. The first-order valence-electron chi connectivity index (χ1n) is 11.0. The van der Waals surface area contributed by atoms with Crippen LogP contribution in [0.25, 0.3) is 11.0 Å². The number of thioether (sulfide) groups is 1. The Kier molecular flexibility index (Phi) is 8.22. The molecule has 4 rings (SSSR count). The van der Waals surface area contributed by atoms with Crippen molar-refractivity contribution >= 4 is 46.5 Å². The molecule has 0 aliphatic rings. The fraction of sp³-hybridized carbons (Fsp3) is 0.192. The van der Waals surface area contributed by atoms with E-state index in [4.69, 9.17) is 21.3 Å². The number of carbonyl (C=O) groups excluding carboxylic acids is 1. The summed E-state index contributed by atoms with van der Waals surface area (Å²) in [7, 11) is 0. The summed E-state index contributed by atoms with van der Waals surface area (Å²) in [5.41, 5.74) is 6.32. The van der Waals surface area contributed by atoms with Crippen molar-refractivity contribution in [2.75, 3.05) is 12.4 Å². The number of aromatic nitrogens is 2. The molecule has 6 nitrogen and oxygen atoms in total. The number of carbonyl (C=O) groups is 1. The van der Waals surface area contributed by atoms with E-state index < -0.39 is 0 Å². The van der Waals surface area contributed by atoms with Gasteiger partial charge in [-0.25, -0.2) is 10.4 Å². The second kappa shape index (κ2) is 11.7. The number of ether oxygens (including phenoxy) is 1. The number of imidazole rings is 1. The number of hydrogen-bond donors (Lipinski definition) is 1. The molecule has 0 saturated heterocycles. The summed E-state index contributed by atoms with van der Waals surface area (Å²) in [6.07, 6.45) is 2.57. The highest BCUT2D eigenvalue weighted by Crippen LogP contribution is 2.27. The summed E-state index contributed by atoms with van der Waals surface area (Å²) >= 11 is 7.75. The molecule has 1 heterocycles. The van der Waals surface area contributed by atoms with E-state index >= 15 is 0 Å². The zero-order valence-electron chi connectivity index (χ0n) is 18.8. The Morgan fingerprint density at radius 2 is 1.88 bits per heavy atom. The predicted octanol–water partition coefficient (Wildman–Crippen LogP) is 5.77. The highest BCUT2D eigenvalue weighted by molar-refractivity contribution is 7.99. The number of benzene rings is 3. The van der Waals surface area contributed by atoms with Gasteiger partial charge in [-0.15, -0.1) is 0 Å². The van der Waals surface area contributed by atoms with Crippen molar-refractivity contribution in [3.63, 3.8) is 0 Å². The lowest BCUT2D eigenvalue weighted by Crippen LogP contribution is -2.20. The van der Waals surface area contributed by atoms with E-state index in [1.54, 1.807) is 6.21 Å². The van der Waals surface area contributed by atoms with Gasteiger partial charge in [0.1, 0.15) is 5.75 Å². The topological polar surface area (TPSA) is 68.5 Å². The van der Waals surface area contributed by atoms with Crippen molar-refractivity contribution in [1.82, 2.24) is 15.0 Å². The lowest BCUT2D eigenvalue weighted by Gasteiger charge is -2.10. The van der Waals surface area contributed by atoms with E-state index in [2.05, 4.69) is 22.0 Å². The molecule has 0 unspecified atom stereocenters. The summed E-state index contributed by atoms with van der Waals surface area (Å²) in [6.45, 7) is 3.32. The predicted molar refractivity (Wildman–Crippen MR) is 139 cm³/mol. The van der Waals surface area contributed by atoms with Gasteiger partial charge in [-0.05, 0) is 60.0 Å². The molecule has 1 N–H and O–H groups in total. The van der Waals surface area contributed by atoms with Gasteiger partial charge in [0, 0.05) is 5.02 Å². The van der Waals surface area contributed by atoms with Crippen LogP contribution in [-0.4, -0.2) is 34.0 Å². The monoisotopic (exact) mass is 492 g/mol. The highest BCUT2D eigenvalue weighted by Gasteiger charge is 2.14. The molecule has 34 heavy (non-hydrogen) atoms. The molecule has 8 heteroatoms. The lowest BCUT2D eigenvalue weighted by atomic mass is 10.2. The Hall–Kier alpha value is -3.29. The van der Waals surface area contributed by atoms with Crippen LogP contribution in [0.3, 0.4) is 0 Å². The summed E-state index contributed by atoms with van der Waals surface area (Å²) < 4.78 is 7.65. The number of nitrogens with one attached hydrogen (secondary N) is 1. The third-order valence-electron chi connectivity index (χ3n) is 4.99. The first-order chi connectivity index (χ1) is 16.6. The van der Waals surface area contributed by atoms with E-state index in [-0.39, 0.29) is 11.7 Å². The maximum Gasteiger partial charge on any atom is 0.250 e. The zero-order valence-corrected chi connectivity index (χ0v) is 20.4. The summed E-state index contributed by atoms with van der Waals surface area (Å²) in [5.74, 6) is 0.798. The van der Waals surface area contributed by atoms with Crippen LogP contribution in [0.4, 0.5) is 0 Å². The number of para-hydroxylation sites is 2. The van der Waals surface area contributed by atoms with Gasteiger partial charge in [0.2, 0.25) is 0 Å². The Morgan fingerprint density at radius 3 is 2.68 bits per heavy atom. The van der Waals surface area contributed by atoms with Crippen molar-refractivity contribution in [3.05, 3.63) is 88.9 Å². The standard InChI is InChI=1S/C26H25ClN4O2S/c1-2-15-33-21-13-11-19(12-14-21)16-28-30-25(32)18-34-26-29-23-9-5-6-10-24(23)31(26)17-20-7-3-4-8-22(20)27/h3-14,16H,2,15,17-18H2,1H3,(H,30,32). The fourth-order valence-corrected chi connectivity index (χ4v) is 4.33. The third kappa shape index (κ3) is 6.18. The molecule has 0 fully saturated rings. The number of halogens is 1. The van der Waals surface area contributed by atoms with Crippen LogP contribution in [0.5, 0.6) is 5.75 Å². The van der Waals surface area contributed by atoms with Crippen LogP contribution in [0, 0.1) is 0 Å². The minimum atomic E-state index is -0.208. The van der Waals surface area contributed by atoms with Gasteiger partial charge in [0.15, 0.2) is 5.16 Å². The summed E-state index contributed by atoms with van der Waals surface area (Å²) in [5, 5.41) is 5.52. The Balaban J connectivity index is 1.38. The second-order valence-corrected chi connectivity index (χ2v) is 8.91. The molecule has 0 radical (unpaired) electrons. The van der Waals surface area contributed by atoms with Gasteiger partial charge < -0.3 is 9.30 Å². The first kappa shape index (κ1) is 23.9.